The average molecular weight is 338 g/mol. The predicted octanol–water partition coefficient (Wildman–Crippen LogP) is 4.14. The Bertz CT molecular complexity index is 691. The van der Waals surface area contributed by atoms with E-state index in [9.17, 15) is 4.79 Å². The molecule has 2 aromatic rings. The van der Waals surface area contributed by atoms with Gasteiger partial charge in [0.15, 0.2) is 0 Å². The summed E-state index contributed by atoms with van der Waals surface area (Å²) >= 11 is 0. The third kappa shape index (κ3) is 4.50. The largest absolute Gasteiger partial charge is 0.381 e. The summed E-state index contributed by atoms with van der Waals surface area (Å²) in [5.41, 5.74) is 3.35. The molecule has 0 spiro atoms. The molecule has 0 saturated carbocycles. The van der Waals surface area contributed by atoms with Crippen LogP contribution in [0.5, 0.6) is 0 Å². The predicted molar refractivity (Wildman–Crippen MR) is 103 cm³/mol. The number of nitrogens with one attached hydrogen (secondary N) is 2. The number of carbonyl (C=O) groups is 1. The summed E-state index contributed by atoms with van der Waals surface area (Å²) in [6.07, 6.45) is 5.26. The molecule has 1 aromatic carbocycles. The standard InChI is InChI=1S/C20H26N4O/c1-3-15(2)22-17-8-11-19(21-14-17)20(25)23-16-6-9-18(10-7-16)24-12-4-5-13-24/h6-11,14-15,22H,3-5,12-13H2,1-2H3,(H,23,25). The molecule has 2 N–H and O–H groups in total. The molecule has 1 atom stereocenters. The Kier molecular flexibility index (Phi) is 5.53. The highest BCUT2D eigenvalue weighted by molar-refractivity contribution is 6.03. The molecule has 2 heterocycles. The molecule has 5 nitrogen and oxygen atoms in total. The molecule has 1 amide bonds. The molecular formula is C20H26N4O. The molecule has 0 radical (unpaired) electrons. The van der Waals surface area contributed by atoms with Crippen molar-refractivity contribution < 1.29 is 4.79 Å². The third-order valence-electron chi connectivity index (χ3n) is 4.62. The number of pyridine rings is 1. The van der Waals surface area contributed by atoms with E-state index in [1.807, 2.05) is 18.2 Å². The summed E-state index contributed by atoms with van der Waals surface area (Å²) in [5.74, 6) is -0.191. The van der Waals surface area contributed by atoms with Crippen molar-refractivity contribution in [3.63, 3.8) is 0 Å². The van der Waals surface area contributed by atoms with E-state index in [-0.39, 0.29) is 5.91 Å². The second kappa shape index (κ2) is 8.01. The van der Waals surface area contributed by atoms with Crippen molar-refractivity contribution in [3.05, 3.63) is 48.3 Å². The summed E-state index contributed by atoms with van der Waals surface area (Å²) in [4.78, 5) is 19.0. The number of nitrogens with zero attached hydrogens (tertiary/aromatic N) is 2. The Hall–Kier alpha value is -2.56. The smallest absolute Gasteiger partial charge is 0.274 e. The molecule has 25 heavy (non-hydrogen) atoms. The minimum absolute atomic E-state index is 0.191. The number of anilines is 3. The van der Waals surface area contributed by atoms with Gasteiger partial charge in [-0.15, -0.1) is 0 Å². The number of rotatable bonds is 6. The van der Waals surface area contributed by atoms with Crippen LogP contribution in [0.3, 0.4) is 0 Å². The molecule has 3 rings (SSSR count). The van der Waals surface area contributed by atoms with E-state index in [0.29, 0.717) is 11.7 Å². The Labute approximate surface area is 149 Å². The van der Waals surface area contributed by atoms with E-state index in [2.05, 4.69) is 46.5 Å². The van der Waals surface area contributed by atoms with Crippen LogP contribution in [0.15, 0.2) is 42.6 Å². The highest BCUT2D eigenvalue weighted by Gasteiger charge is 2.13. The van der Waals surface area contributed by atoms with Crippen LogP contribution in [0.4, 0.5) is 17.1 Å². The maximum Gasteiger partial charge on any atom is 0.274 e. The van der Waals surface area contributed by atoms with Gasteiger partial charge in [0, 0.05) is 30.5 Å². The van der Waals surface area contributed by atoms with Crippen LogP contribution >= 0.6 is 0 Å². The minimum Gasteiger partial charge on any atom is -0.381 e. The van der Waals surface area contributed by atoms with Gasteiger partial charge in [-0.1, -0.05) is 6.92 Å². The SMILES string of the molecule is CCC(C)Nc1ccc(C(=O)Nc2ccc(N3CCCC3)cc2)nc1. The van der Waals surface area contributed by atoms with Crippen LogP contribution in [0.2, 0.25) is 0 Å². The van der Waals surface area contributed by atoms with Gasteiger partial charge in [-0.3, -0.25) is 4.79 Å². The number of hydrogen-bond acceptors (Lipinski definition) is 4. The van der Waals surface area contributed by atoms with Gasteiger partial charge in [0.05, 0.1) is 11.9 Å². The van der Waals surface area contributed by atoms with E-state index in [0.717, 1.165) is 30.9 Å². The van der Waals surface area contributed by atoms with E-state index >= 15 is 0 Å². The van der Waals surface area contributed by atoms with Gasteiger partial charge in [-0.25, -0.2) is 4.98 Å². The second-order valence-electron chi connectivity index (χ2n) is 6.58. The van der Waals surface area contributed by atoms with Gasteiger partial charge >= 0.3 is 0 Å². The number of hydrogen-bond donors (Lipinski definition) is 2. The van der Waals surface area contributed by atoms with Crippen molar-refractivity contribution in [1.82, 2.24) is 4.98 Å². The molecule has 0 bridgehead atoms. The van der Waals surface area contributed by atoms with Crippen LogP contribution < -0.4 is 15.5 Å². The molecule has 1 fully saturated rings. The molecule has 0 aliphatic carbocycles. The van der Waals surface area contributed by atoms with Gasteiger partial charge in [-0.05, 0) is 62.6 Å². The van der Waals surface area contributed by atoms with Crippen molar-refractivity contribution in [3.8, 4) is 0 Å². The Morgan fingerprint density at radius 2 is 1.80 bits per heavy atom. The number of benzene rings is 1. The summed E-state index contributed by atoms with van der Waals surface area (Å²) in [6.45, 7) is 6.48. The summed E-state index contributed by atoms with van der Waals surface area (Å²) in [7, 11) is 0. The second-order valence-corrected chi connectivity index (χ2v) is 6.58. The lowest BCUT2D eigenvalue weighted by Crippen LogP contribution is -2.18. The third-order valence-corrected chi connectivity index (χ3v) is 4.62. The molecule has 1 saturated heterocycles. The molecular weight excluding hydrogens is 312 g/mol. The van der Waals surface area contributed by atoms with Crippen LogP contribution in [-0.2, 0) is 0 Å². The number of aromatic nitrogens is 1. The van der Waals surface area contributed by atoms with E-state index in [1.54, 1.807) is 12.3 Å². The fourth-order valence-electron chi connectivity index (χ4n) is 2.93. The van der Waals surface area contributed by atoms with Crippen LogP contribution in [0.1, 0.15) is 43.6 Å². The summed E-state index contributed by atoms with van der Waals surface area (Å²) in [6, 6.07) is 12.1. The lowest BCUT2D eigenvalue weighted by Gasteiger charge is -2.17. The van der Waals surface area contributed by atoms with Gasteiger partial charge in [-0.2, -0.15) is 0 Å². The van der Waals surface area contributed by atoms with Gasteiger partial charge in [0.1, 0.15) is 5.69 Å². The Balaban J connectivity index is 1.59. The molecule has 132 valence electrons. The van der Waals surface area contributed by atoms with Crippen molar-refractivity contribution >= 4 is 23.0 Å². The molecule has 1 aliphatic rings. The molecule has 1 unspecified atom stereocenters. The van der Waals surface area contributed by atoms with E-state index in [1.165, 1.54) is 18.5 Å². The molecule has 5 heteroatoms. The number of carbonyl (C=O) groups excluding carboxylic acids is 1. The highest BCUT2D eigenvalue weighted by Crippen LogP contribution is 2.22. The van der Waals surface area contributed by atoms with Crippen molar-refractivity contribution in [2.45, 2.75) is 39.2 Å². The first-order valence-corrected chi connectivity index (χ1v) is 9.04. The Morgan fingerprint density at radius 3 is 2.40 bits per heavy atom. The first kappa shape index (κ1) is 17.3. The fraction of sp³-hybridized carbons (Fsp3) is 0.400. The average Bonchev–Trinajstić information content (AvgIpc) is 3.17. The van der Waals surface area contributed by atoms with Gasteiger partial charge < -0.3 is 15.5 Å². The highest BCUT2D eigenvalue weighted by atomic mass is 16.1. The van der Waals surface area contributed by atoms with Crippen molar-refractivity contribution in [2.75, 3.05) is 28.6 Å². The van der Waals surface area contributed by atoms with E-state index < -0.39 is 0 Å². The minimum atomic E-state index is -0.191. The maximum atomic E-state index is 12.3. The first-order chi connectivity index (χ1) is 12.2. The van der Waals surface area contributed by atoms with Crippen LogP contribution in [0, 0.1) is 0 Å². The number of amides is 1. The topological polar surface area (TPSA) is 57.3 Å². The van der Waals surface area contributed by atoms with Crippen molar-refractivity contribution in [1.29, 1.82) is 0 Å². The summed E-state index contributed by atoms with van der Waals surface area (Å²) in [5, 5.41) is 6.25. The van der Waals surface area contributed by atoms with Crippen LogP contribution in [-0.4, -0.2) is 30.0 Å². The van der Waals surface area contributed by atoms with Crippen LogP contribution in [0.25, 0.3) is 0 Å². The van der Waals surface area contributed by atoms with Gasteiger partial charge in [0.2, 0.25) is 0 Å². The zero-order chi connectivity index (χ0) is 17.6. The molecule has 1 aromatic heterocycles. The normalized spacial score (nSPS) is 15.0. The molecule has 1 aliphatic heterocycles. The quantitative estimate of drug-likeness (QED) is 0.831. The van der Waals surface area contributed by atoms with Crippen molar-refractivity contribution in [2.24, 2.45) is 0 Å². The van der Waals surface area contributed by atoms with E-state index in [4.69, 9.17) is 0 Å². The zero-order valence-electron chi connectivity index (χ0n) is 15.0. The van der Waals surface area contributed by atoms with Gasteiger partial charge in [0.25, 0.3) is 5.91 Å². The summed E-state index contributed by atoms with van der Waals surface area (Å²) < 4.78 is 0. The first-order valence-electron chi connectivity index (χ1n) is 9.04. The lowest BCUT2D eigenvalue weighted by molar-refractivity contribution is 0.102. The zero-order valence-corrected chi connectivity index (χ0v) is 15.0. The fourth-order valence-corrected chi connectivity index (χ4v) is 2.93. The maximum absolute atomic E-state index is 12.3. The lowest BCUT2D eigenvalue weighted by atomic mass is 10.2. The Morgan fingerprint density at radius 1 is 1.12 bits per heavy atom. The monoisotopic (exact) mass is 338 g/mol.